The van der Waals surface area contributed by atoms with Gasteiger partial charge in [-0.25, -0.2) is 12.8 Å². The third-order valence-corrected chi connectivity index (χ3v) is 6.25. The van der Waals surface area contributed by atoms with Gasteiger partial charge in [0.2, 0.25) is 0 Å². The van der Waals surface area contributed by atoms with Gasteiger partial charge in [0.05, 0.1) is 21.3 Å². The van der Waals surface area contributed by atoms with Gasteiger partial charge < -0.3 is 4.74 Å². The lowest BCUT2D eigenvalue weighted by Gasteiger charge is -2.13. The molecule has 4 nitrogen and oxygen atoms in total. The Balaban J connectivity index is 1.87. The first-order valence-corrected chi connectivity index (χ1v) is 10.8. The Morgan fingerprint density at radius 2 is 1.55 bits per heavy atom. The van der Waals surface area contributed by atoms with Crippen LogP contribution in [0.1, 0.15) is 5.56 Å². The molecule has 12 heteroatoms. The first-order valence-electron chi connectivity index (χ1n) is 8.19. The molecule has 31 heavy (non-hydrogen) atoms. The summed E-state index contributed by atoms with van der Waals surface area (Å²) in [6, 6.07) is 9.14. The topological polar surface area (TPSA) is 55.4 Å². The van der Waals surface area contributed by atoms with Gasteiger partial charge in [0, 0.05) is 11.1 Å². The Morgan fingerprint density at radius 1 is 0.871 bits per heavy atom. The molecule has 0 aliphatic heterocycles. The largest absolute Gasteiger partial charge is 0.456 e. The van der Waals surface area contributed by atoms with Crippen molar-refractivity contribution >= 4 is 50.5 Å². The van der Waals surface area contributed by atoms with Crippen molar-refractivity contribution in [2.75, 3.05) is 4.72 Å². The van der Waals surface area contributed by atoms with Crippen LogP contribution in [0.2, 0.25) is 15.1 Å². The monoisotopic (exact) mass is 513 g/mol. The highest BCUT2D eigenvalue weighted by molar-refractivity contribution is 7.92. The maximum Gasteiger partial charge on any atom is 0.416 e. The third kappa shape index (κ3) is 5.54. The van der Waals surface area contributed by atoms with E-state index in [4.69, 9.17) is 39.5 Å². The Hall–Kier alpha value is -2.20. The second-order valence-corrected chi connectivity index (χ2v) is 8.97. The number of halogens is 7. The number of anilines is 1. The van der Waals surface area contributed by atoms with E-state index < -0.39 is 33.3 Å². The molecule has 164 valence electrons. The van der Waals surface area contributed by atoms with Crippen LogP contribution in [0.5, 0.6) is 11.5 Å². The zero-order valence-corrected chi connectivity index (χ0v) is 18.1. The highest BCUT2D eigenvalue weighted by Crippen LogP contribution is 2.37. The fourth-order valence-electron chi connectivity index (χ4n) is 2.41. The first-order chi connectivity index (χ1) is 14.4. The molecule has 3 aromatic carbocycles. The van der Waals surface area contributed by atoms with E-state index >= 15 is 0 Å². The van der Waals surface area contributed by atoms with Crippen LogP contribution < -0.4 is 9.46 Å². The van der Waals surface area contributed by atoms with Crippen LogP contribution in [0.3, 0.4) is 0 Å². The van der Waals surface area contributed by atoms with Crippen LogP contribution in [0.25, 0.3) is 0 Å². The van der Waals surface area contributed by atoms with Gasteiger partial charge in [0.25, 0.3) is 10.0 Å². The molecule has 0 saturated carbocycles. The van der Waals surface area contributed by atoms with E-state index in [1.165, 1.54) is 12.1 Å². The van der Waals surface area contributed by atoms with Crippen molar-refractivity contribution < 1.29 is 30.7 Å². The van der Waals surface area contributed by atoms with Crippen LogP contribution in [0.4, 0.5) is 23.2 Å². The third-order valence-electron chi connectivity index (χ3n) is 3.85. The first kappa shape index (κ1) is 23.5. The van der Waals surface area contributed by atoms with E-state index in [1.807, 2.05) is 4.72 Å². The van der Waals surface area contributed by atoms with Crippen molar-refractivity contribution in [1.29, 1.82) is 0 Å². The summed E-state index contributed by atoms with van der Waals surface area (Å²) in [4.78, 5) is -0.364. The number of hydrogen-bond donors (Lipinski definition) is 1. The predicted molar refractivity (Wildman–Crippen MR) is 110 cm³/mol. The molecular weight excluding hydrogens is 505 g/mol. The smallest absolute Gasteiger partial charge is 0.416 e. The summed E-state index contributed by atoms with van der Waals surface area (Å²) in [7, 11) is -4.28. The SMILES string of the molecule is O=S(=O)(Nc1ccc(Oc2cc(C(F)(F)F)ccc2Cl)cc1F)c1cc(Cl)ccc1Cl. The van der Waals surface area contributed by atoms with Crippen LogP contribution in [-0.2, 0) is 16.2 Å². The van der Waals surface area contributed by atoms with E-state index in [0.29, 0.717) is 6.07 Å². The van der Waals surface area contributed by atoms with Gasteiger partial charge in [0.15, 0.2) is 5.82 Å². The highest BCUT2D eigenvalue weighted by atomic mass is 35.5. The molecule has 0 spiro atoms. The van der Waals surface area contributed by atoms with Crippen molar-refractivity contribution in [3.8, 4) is 11.5 Å². The average Bonchev–Trinajstić information content (AvgIpc) is 2.66. The Morgan fingerprint density at radius 3 is 2.19 bits per heavy atom. The fraction of sp³-hybridized carbons (Fsp3) is 0.0526. The van der Waals surface area contributed by atoms with Crippen molar-refractivity contribution in [3.63, 3.8) is 0 Å². The summed E-state index contributed by atoms with van der Waals surface area (Å²) in [5.41, 5.74) is -1.45. The molecular formula is C19H10Cl3F4NO3S. The molecule has 0 aliphatic carbocycles. The van der Waals surface area contributed by atoms with Gasteiger partial charge >= 0.3 is 6.18 Å². The van der Waals surface area contributed by atoms with Crippen molar-refractivity contribution in [2.24, 2.45) is 0 Å². The maximum atomic E-state index is 14.5. The van der Waals surface area contributed by atoms with Crippen molar-refractivity contribution in [1.82, 2.24) is 0 Å². The molecule has 0 radical (unpaired) electrons. The molecule has 0 unspecified atom stereocenters. The van der Waals surface area contributed by atoms with E-state index in [1.54, 1.807) is 0 Å². The number of rotatable bonds is 5. The average molecular weight is 515 g/mol. The Kier molecular flexibility index (Phi) is 6.61. The van der Waals surface area contributed by atoms with Gasteiger partial charge in [0.1, 0.15) is 16.4 Å². The minimum Gasteiger partial charge on any atom is -0.456 e. The molecule has 3 aromatic rings. The molecule has 1 N–H and O–H groups in total. The van der Waals surface area contributed by atoms with E-state index in [0.717, 1.165) is 36.4 Å². The minimum absolute atomic E-state index is 0.104. The molecule has 0 amide bonds. The lowest BCUT2D eigenvalue weighted by molar-refractivity contribution is -0.137. The molecule has 0 fully saturated rings. The van der Waals surface area contributed by atoms with E-state index in [-0.39, 0.29) is 31.5 Å². The van der Waals surface area contributed by atoms with Crippen LogP contribution in [0, 0.1) is 5.82 Å². The minimum atomic E-state index is -4.63. The van der Waals surface area contributed by atoms with E-state index in [2.05, 4.69) is 0 Å². The summed E-state index contributed by atoms with van der Waals surface area (Å²) >= 11 is 17.5. The van der Waals surface area contributed by atoms with Crippen LogP contribution in [0.15, 0.2) is 59.5 Å². The van der Waals surface area contributed by atoms with Gasteiger partial charge in [-0.3, -0.25) is 4.72 Å². The normalized spacial score (nSPS) is 12.0. The number of alkyl halides is 3. The summed E-state index contributed by atoms with van der Waals surface area (Å²) in [5, 5.41) is -0.155. The summed E-state index contributed by atoms with van der Waals surface area (Å²) < 4.78 is 85.3. The maximum absolute atomic E-state index is 14.5. The summed E-state index contributed by atoms with van der Waals surface area (Å²) in [6.45, 7) is 0. The van der Waals surface area contributed by atoms with Gasteiger partial charge in [-0.1, -0.05) is 34.8 Å². The Labute approximate surface area is 189 Å². The number of sulfonamides is 1. The molecule has 0 aromatic heterocycles. The van der Waals surface area contributed by atoms with Crippen LogP contribution in [-0.4, -0.2) is 8.42 Å². The zero-order valence-electron chi connectivity index (χ0n) is 15.0. The van der Waals surface area contributed by atoms with Gasteiger partial charge in [-0.2, -0.15) is 13.2 Å². The number of hydrogen-bond acceptors (Lipinski definition) is 3. The summed E-state index contributed by atoms with van der Waals surface area (Å²) in [6.07, 6.45) is -4.63. The van der Waals surface area contributed by atoms with Crippen molar-refractivity contribution in [3.05, 3.63) is 81.0 Å². The van der Waals surface area contributed by atoms with Gasteiger partial charge in [-0.05, 0) is 48.5 Å². The van der Waals surface area contributed by atoms with Crippen LogP contribution >= 0.6 is 34.8 Å². The lowest BCUT2D eigenvalue weighted by atomic mass is 10.2. The lowest BCUT2D eigenvalue weighted by Crippen LogP contribution is -2.14. The fourth-order valence-corrected chi connectivity index (χ4v) is 4.40. The van der Waals surface area contributed by atoms with Gasteiger partial charge in [-0.15, -0.1) is 0 Å². The molecule has 0 bridgehead atoms. The number of ether oxygens (including phenoxy) is 1. The number of benzene rings is 3. The van der Waals surface area contributed by atoms with E-state index in [9.17, 15) is 26.0 Å². The number of nitrogens with one attached hydrogen (secondary N) is 1. The molecule has 0 heterocycles. The molecule has 3 rings (SSSR count). The quantitative estimate of drug-likeness (QED) is 0.361. The molecule has 0 aliphatic rings. The molecule has 0 atom stereocenters. The second kappa shape index (κ2) is 8.74. The van der Waals surface area contributed by atoms with Crippen molar-refractivity contribution in [2.45, 2.75) is 11.1 Å². The predicted octanol–water partition coefficient (Wildman–Crippen LogP) is 7.40. The zero-order chi connectivity index (χ0) is 23.0. The Bertz CT molecular complexity index is 1250. The summed E-state index contributed by atoms with van der Waals surface area (Å²) in [5.74, 6) is -1.61. The molecule has 0 saturated heterocycles. The second-order valence-electron chi connectivity index (χ2n) is 6.07. The highest BCUT2D eigenvalue weighted by Gasteiger charge is 2.31. The standard InChI is InChI=1S/C19H10Cl3F4NO3S/c20-11-2-5-14(22)18(8-11)31(28,29)27-16-6-3-12(9-15(16)23)30-17-7-10(19(24,25)26)1-4-13(17)21/h1-9,27H.